The third-order valence-electron chi connectivity index (χ3n) is 5.83. The number of fused-ring (bicyclic) bond motifs is 1. The van der Waals surface area contributed by atoms with Crippen molar-refractivity contribution in [3.8, 4) is 0 Å². The number of aliphatic hydroxyl groups is 1. The molecule has 0 fully saturated rings. The molecule has 8 nitrogen and oxygen atoms in total. The molecule has 0 bridgehead atoms. The maximum Gasteiger partial charge on any atom is 0.325 e. The molecule has 0 aliphatic heterocycles. The number of carbonyl (C=O) groups is 3. The molecule has 0 aromatic heterocycles. The van der Waals surface area contributed by atoms with E-state index in [1.165, 1.54) is 0 Å². The van der Waals surface area contributed by atoms with Gasteiger partial charge in [0.2, 0.25) is 5.91 Å². The third kappa shape index (κ3) is 7.90. The molecule has 0 aliphatic rings. The molecule has 2 amide bonds. The summed E-state index contributed by atoms with van der Waals surface area (Å²) in [5.41, 5.74) is 7.87. The minimum Gasteiger partial charge on any atom is -0.460 e. The molecule has 190 valence electrons. The molecule has 3 atom stereocenters. The van der Waals surface area contributed by atoms with E-state index < -0.39 is 42.5 Å². The number of aliphatic hydroxyl groups excluding tert-OH is 1. The van der Waals surface area contributed by atoms with Gasteiger partial charge < -0.3 is 26.2 Å². The number of hydrogen-bond acceptors (Lipinski definition) is 6. The number of amides is 2. The van der Waals surface area contributed by atoms with Crippen molar-refractivity contribution in [1.29, 1.82) is 0 Å². The van der Waals surface area contributed by atoms with Crippen molar-refractivity contribution in [2.45, 2.75) is 51.0 Å². The number of rotatable bonds is 12. The van der Waals surface area contributed by atoms with Crippen LogP contribution < -0.4 is 16.4 Å². The van der Waals surface area contributed by atoms with Crippen LogP contribution in [0.1, 0.15) is 30.9 Å². The van der Waals surface area contributed by atoms with Gasteiger partial charge in [-0.3, -0.25) is 14.4 Å². The molecule has 3 aromatic rings. The van der Waals surface area contributed by atoms with Crippen LogP contribution in [-0.2, 0) is 32.1 Å². The number of ether oxygens (including phenoxy) is 1. The van der Waals surface area contributed by atoms with Gasteiger partial charge in [0.1, 0.15) is 13.2 Å². The van der Waals surface area contributed by atoms with E-state index in [0.717, 1.165) is 21.9 Å². The van der Waals surface area contributed by atoms with Crippen molar-refractivity contribution >= 4 is 28.6 Å². The van der Waals surface area contributed by atoms with E-state index >= 15 is 0 Å². The fourth-order valence-electron chi connectivity index (χ4n) is 3.86. The maximum atomic E-state index is 12.8. The molecule has 3 aromatic carbocycles. The van der Waals surface area contributed by atoms with Crippen molar-refractivity contribution in [2.24, 2.45) is 5.73 Å². The van der Waals surface area contributed by atoms with Crippen LogP contribution in [0, 0.1) is 0 Å². The van der Waals surface area contributed by atoms with E-state index in [2.05, 4.69) is 10.6 Å². The molecule has 2 unspecified atom stereocenters. The Morgan fingerprint density at radius 3 is 2.33 bits per heavy atom. The average molecular weight is 492 g/mol. The lowest BCUT2D eigenvalue weighted by atomic mass is 10.0. The lowest BCUT2D eigenvalue weighted by Gasteiger charge is -2.24. The van der Waals surface area contributed by atoms with Gasteiger partial charge in [-0.2, -0.15) is 0 Å². The van der Waals surface area contributed by atoms with Crippen LogP contribution in [-0.4, -0.2) is 47.6 Å². The van der Waals surface area contributed by atoms with Crippen LogP contribution in [0.15, 0.2) is 72.8 Å². The van der Waals surface area contributed by atoms with Gasteiger partial charge in [-0.25, -0.2) is 0 Å². The van der Waals surface area contributed by atoms with Crippen LogP contribution in [0.2, 0.25) is 0 Å². The minimum absolute atomic E-state index is 0.0850. The van der Waals surface area contributed by atoms with Gasteiger partial charge in [0.15, 0.2) is 6.10 Å². The van der Waals surface area contributed by atoms with Gasteiger partial charge in [0.05, 0.1) is 12.1 Å². The number of hydrogen-bond donors (Lipinski definition) is 4. The second-order valence-corrected chi connectivity index (χ2v) is 8.70. The maximum absolute atomic E-state index is 12.8. The molecule has 0 saturated heterocycles. The van der Waals surface area contributed by atoms with Crippen molar-refractivity contribution < 1.29 is 24.2 Å². The topological polar surface area (TPSA) is 131 Å². The summed E-state index contributed by atoms with van der Waals surface area (Å²) in [5, 5.41) is 17.8. The lowest BCUT2D eigenvalue weighted by molar-refractivity contribution is -0.146. The first-order valence-electron chi connectivity index (χ1n) is 12.1. The van der Waals surface area contributed by atoms with Crippen molar-refractivity contribution in [3.63, 3.8) is 0 Å². The summed E-state index contributed by atoms with van der Waals surface area (Å²) in [6, 6.07) is 21.3. The highest BCUT2D eigenvalue weighted by Crippen LogP contribution is 2.16. The molecule has 5 N–H and O–H groups in total. The van der Waals surface area contributed by atoms with Crippen LogP contribution in [0.5, 0.6) is 0 Å². The van der Waals surface area contributed by atoms with E-state index in [4.69, 9.17) is 10.5 Å². The highest BCUT2D eigenvalue weighted by Gasteiger charge is 2.29. The van der Waals surface area contributed by atoms with E-state index in [-0.39, 0.29) is 6.61 Å². The fraction of sp³-hybridized carbons (Fsp3) is 0.321. The fourth-order valence-corrected chi connectivity index (χ4v) is 3.86. The Morgan fingerprint density at radius 1 is 0.917 bits per heavy atom. The largest absolute Gasteiger partial charge is 0.460 e. The zero-order chi connectivity index (χ0) is 25.9. The Balaban J connectivity index is 1.49. The summed E-state index contributed by atoms with van der Waals surface area (Å²) in [4.78, 5) is 37.2. The Bertz CT molecular complexity index is 1170. The standard InChI is InChI=1S/C28H33N3O5/c1-2-8-24(26(33)28(35)30-17-25(32)36-18-19-9-4-3-5-10-19)31-27(34)23(29)16-20-13-14-21-11-6-7-12-22(21)15-20/h3-7,9-15,23-24,26,33H,2,8,16-18,29H2,1H3,(H,30,35)(H,31,34)/t23-,24?,26?/m0/s1. The average Bonchev–Trinajstić information content (AvgIpc) is 2.90. The number of carbonyl (C=O) groups excluding carboxylic acids is 3. The smallest absolute Gasteiger partial charge is 0.325 e. The summed E-state index contributed by atoms with van der Waals surface area (Å²) in [7, 11) is 0. The number of nitrogens with one attached hydrogen (secondary N) is 2. The van der Waals surface area contributed by atoms with Crippen LogP contribution in [0.4, 0.5) is 0 Å². The van der Waals surface area contributed by atoms with Crippen molar-refractivity contribution in [1.82, 2.24) is 10.6 Å². The quantitative estimate of drug-likeness (QED) is 0.287. The van der Waals surface area contributed by atoms with Gasteiger partial charge in [-0.1, -0.05) is 86.1 Å². The zero-order valence-electron chi connectivity index (χ0n) is 20.4. The molecule has 3 rings (SSSR count). The van der Waals surface area contributed by atoms with Crippen LogP contribution >= 0.6 is 0 Å². The predicted molar refractivity (Wildman–Crippen MR) is 138 cm³/mol. The normalized spacial score (nSPS) is 13.4. The first-order valence-corrected chi connectivity index (χ1v) is 12.1. The second-order valence-electron chi connectivity index (χ2n) is 8.70. The van der Waals surface area contributed by atoms with E-state index in [1.54, 1.807) is 0 Å². The molecular formula is C28H33N3O5. The Labute approximate surface area is 210 Å². The Morgan fingerprint density at radius 2 is 1.61 bits per heavy atom. The molecule has 0 saturated carbocycles. The second kappa shape index (κ2) is 13.4. The zero-order valence-corrected chi connectivity index (χ0v) is 20.4. The summed E-state index contributed by atoms with van der Waals surface area (Å²) < 4.78 is 5.12. The molecule has 0 heterocycles. The van der Waals surface area contributed by atoms with Crippen molar-refractivity contribution in [3.05, 3.63) is 83.9 Å². The highest BCUT2D eigenvalue weighted by molar-refractivity contribution is 5.87. The van der Waals surface area contributed by atoms with Crippen LogP contribution in [0.3, 0.4) is 0 Å². The van der Waals surface area contributed by atoms with Gasteiger partial charge in [0, 0.05) is 0 Å². The van der Waals surface area contributed by atoms with Gasteiger partial charge >= 0.3 is 5.97 Å². The van der Waals surface area contributed by atoms with E-state index in [9.17, 15) is 19.5 Å². The molecule has 36 heavy (non-hydrogen) atoms. The monoisotopic (exact) mass is 491 g/mol. The highest BCUT2D eigenvalue weighted by atomic mass is 16.5. The Hall–Kier alpha value is -3.75. The molecule has 0 spiro atoms. The van der Waals surface area contributed by atoms with Gasteiger partial charge in [-0.15, -0.1) is 0 Å². The number of benzene rings is 3. The third-order valence-corrected chi connectivity index (χ3v) is 5.83. The summed E-state index contributed by atoms with van der Waals surface area (Å²) in [5.74, 6) is -1.86. The molecule has 8 heteroatoms. The molecule has 0 aliphatic carbocycles. The SMILES string of the molecule is CCCC(NC(=O)[C@@H](N)Cc1ccc2ccccc2c1)C(O)C(=O)NCC(=O)OCc1ccccc1. The minimum atomic E-state index is -1.54. The van der Waals surface area contributed by atoms with Gasteiger partial charge in [-0.05, 0) is 34.7 Å². The first kappa shape index (κ1) is 26.8. The van der Waals surface area contributed by atoms with E-state index in [1.807, 2.05) is 79.7 Å². The summed E-state index contributed by atoms with van der Waals surface area (Å²) >= 11 is 0. The summed E-state index contributed by atoms with van der Waals surface area (Å²) in [6.45, 7) is 1.57. The lowest BCUT2D eigenvalue weighted by Crippen LogP contribution is -2.54. The molecule has 0 radical (unpaired) electrons. The molecular weight excluding hydrogens is 458 g/mol. The number of esters is 1. The van der Waals surface area contributed by atoms with Crippen LogP contribution in [0.25, 0.3) is 10.8 Å². The predicted octanol–water partition coefficient (Wildman–Crippen LogP) is 2.21. The first-order chi connectivity index (χ1) is 17.4. The van der Waals surface area contributed by atoms with Gasteiger partial charge in [0.25, 0.3) is 5.91 Å². The summed E-state index contributed by atoms with van der Waals surface area (Å²) in [6.07, 6.45) is -0.246. The van der Waals surface area contributed by atoms with Crippen molar-refractivity contribution in [2.75, 3.05) is 6.54 Å². The number of nitrogens with two attached hydrogens (primary N) is 1. The Kier molecular flexibility index (Phi) is 9.97. The van der Waals surface area contributed by atoms with E-state index in [0.29, 0.717) is 19.3 Å².